The quantitative estimate of drug-likeness (QED) is 0.454. The molecule has 8 nitrogen and oxygen atoms in total. The number of hydrogen-bond donors (Lipinski definition) is 0. The molecule has 0 spiro atoms. The zero-order valence-corrected chi connectivity index (χ0v) is 15.9. The van der Waals surface area contributed by atoms with Crippen LogP contribution >= 0.6 is 0 Å². The number of allylic oxidation sites excluding steroid dienone is 4. The average molecular weight is 385 g/mol. The molecule has 0 N–H and O–H groups in total. The lowest BCUT2D eigenvalue weighted by Gasteiger charge is -2.09. The lowest BCUT2D eigenvalue weighted by Crippen LogP contribution is -2.09. The molecule has 0 unspecified atom stereocenters. The van der Waals surface area contributed by atoms with Crippen LogP contribution < -0.4 is 4.74 Å². The van der Waals surface area contributed by atoms with Crippen molar-refractivity contribution >= 4 is 16.6 Å². The summed E-state index contributed by atoms with van der Waals surface area (Å²) in [7, 11) is 1.77. The van der Waals surface area contributed by atoms with Crippen molar-refractivity contribution < 1.29 is 4.74 Å². The first-order chi connectivity index (χ1) is 14.2. The highest BCUT2D eigenvalue weighted by atomic mass is 16.5. The molecule has 0 bridgehead atoms. The third kappa shape index (κ3) is 3.55. The second-order valence-electron chi connectivity index (χ2n) is 6.19. The standard InChI is InChI=1S/C21H19N7O/c1-4-9-15(5-2)17-12-8-10-16(22-17)14-29-21-23-18-11-6-7-13-19(18)28(21)20-24-25-26-27(20)3/h4-13H,1-2,14H2,3H3/b15-9+. The number of nitrogens with zero attached hydrogens (tertiary/aromatic N) is 7. The summed E-state index contributed by atoms with van der Waals surface area (Å²) in [6.07, 6.45) is 5.31. The zero-order chi connectivity index (χ0) is 20.2. The van der Waals surface area contributed by atoms with Crippen LogP contribution in [0.15, 0.2) is 73.9 Å². The maximum absolute atomic E-state index is 6.03. The van der Waals surface area contributed by atoms with E-state index in [-0.39, 0.29) is 6.61 Å². The topological polar surface area (TPSA) is 83.5 Å². The van der Waals surface area contributed by atoms with E-state index in [2.05, 4.69) is 38.7 Å². The first kappa shape index (κ1) is 18.3. The van der Waals surface area contributed by atoms with Gasteiger partial charge in [-0.1, -0.05) is 54.7 Å². The van der Waals surface area contributed by atoms with Crippen LogP contribution in [0.1, 0.15) is 11.4 Å². The Morgan fingerprint density at radius 2 is 1.97 bits per heavy atom. The number of fused-ring (bicyclic) bond motifs is 1. The highest BCUT2D eigenvalue weighted by Gasteiger charge is 2.18. The van der Waals surface area contributed by atoms with Crippen molar-refractivity contribution in [1.82, 2.24) is 34.7 Å². The van der Waals surface area contributed by atoms with Crippen molar-refractivity contribution in [2.45, 2.75) is 6.61 Å². The molecule has 0 aliphatic heterocycles. The number of ether oxygens (including phenoxy) is 1. The van der Waals surface area contributed by atoms with Gasteiger partial charge in [0, 0.05) is 7.05 Å². The maximum Gasteiger partial charge on any atom is 0.305 e. The number of imidazole rings is 1. The molecule has 0 radical (unpaired) electrons. The monoisotopic (exact) mass is 385 g/mol. The summed E-state index contributed by atoms with van der Waals surface area (Å²) in [6.45, 7) is 7.80. The lowest BCUT2D eigenvalue weighted by atomic mass is 10.1. The molecule has 0 aliphatic rings. The smallest absolute Gasteiger partial charge is 0.305 e. The van der Waals surface area contributed by atoms with E-state index in [1.165, 1.54) is 0 Å². The van der Waals surface area contributed by atoms with E-state index in [0.717, 1.165) is 28.0 Å². The fourth-order valence-electron chi connectivity index (χ4n) is 2.95. The van der Waals surface area contributed by atoms with Crippen LogP contribution in [0.2, 0.25) is 0 Å². The summed E-state index contributed by atoms with van der Waals surface area (Å²) in [5.74, 6) is 0.512. The molecule has 0 fully saturated rings. The maximum atomic E-state index is 6.03. The van der Waals surface area contributed by atoms with E-state index < -0.39 is 0 Å². The minimum Gasteiger partial charge on any atom is -0.458 e. The second kappa shape index (κ2) is 7.89. The first-order valence-electron chi connectivity index (χ1n) is 8.95. The van der Waals surface area contributed by atoms with Crippen molar-refractivity contribution in [3.8, 4) is 12.0 Å². The Morgan fingerprint density at radius 3 is 2.72 bits per heavy atom. The van der Waals surface area contributed by atoms with Crippen LogP contribution in [0.3, 0.4) is 0 Å². The lowest BCUT2D eigenvalue weighted by molar-refractivity contribution is 0.272. The van der Waals surface area contributed by atoms with Gasteiger partial charge in [-0.25, -0.2) is 14.2 Å². The van der Waals surface area contributed by atoms with Crippen LogP contribution in [0, 0.1) is 0 Å². The number of pyridine rings is 1. The van der Waals surface area contributed by atoms with Gasteiger partial charge in [-0.2, -0.15) is 4.98 Å². The average Bonchev–Trinajstić information content (AvgIpc) is 3.33. The van der Waals surface area contributed by atoms with Crippen molar-refractivity contribution in [2.75, 3.05) is 0 Å². The number of benzene rings is 1. The Bertz CT molecular complexity index is 1220. The van der Waals surface area contributed by atoms with Crippen LogP contribution in [-0.2, 0) is 13.7 Å². The van der Waals surface area contributed by atoms with Gasteiger partial charge in [-0.05, 0) is 40.3 Å². The molecule has 0 atom stereocenters. The van der Waals surface area contributed by atoms with Gasteiger partial charge in [-0.3, -0.25) is 0 Å². The van der Waals surface area contributed by atoms with Crippen LogP contribution in [0.4, 0.5) is 0 Å². The Hall–Kier alpha value is -4.07. The molecular formula is C21H19N7O. The van der Waals surface area contributed by atoms with E-state index in [1.54, 1.807) is 28.4 Å². The molecule has 144 valence electrons. The van der Waals surface area contributed by atoms with Gasteiger partial charge in [0.05, 0.1) is 22.4 Å². The Balaban J connectivity index is 1.68. The van der Waals surface area contributed by atoms with E-state index in [0.29, 0.717) is 12.0 Å². The molecule has 0 saturated carbocycles. The van der Waals surface area contributed by atoms with Crippen molar-refractivity contribution in [2.24, 2.45) is 7.05 Å². The second-order valence-corrected chi connectivity index (χ2v) is 6.19. The van der Waals surface area contributed by atoms with Crippen LogP contribution in [-0.4, -0.2) is 34.7 Å². The molecule has 4 aromatic rings. The van der Waals surface area contributed by atoms with Gasteiger partial charge >= 0.3 is 6.01 Å². The summed E-state index contributed by atoms with van der Waals surface area (Å²) in [4.78, 5) is 9.24. The fraction of sp³-hybridized carbons (Fsp3) is 0.0952. The highest BCUT2D eigenvalue weighted by molar-refractivity contribution is 5.78. The van der Waals surface area contributed by atoms with Gasteiger partial charge in [0.1, 0.15) is 6.61 Å². The summed E-state index contributed by atoms with van der Waals surface area (Å²) in [6, 6.07) is 13.8. The molecule has 0 amide bonds. The van der Waals surface area contributed by atoms with Gasteiger partial charge in [-0.15, -0.1) is 0 Å². The van der Waals surface area contributed by atoms with Crippen LogP contribution in [0.25, 0.3) is 22.6 Å². The van der Waals surface area contributed by atoms with E-state index in [4.69, 9.17) is 4.74 Å². The van der Waals surface area contributed by atoms with Crippen LogP contribution in [0.5, 0.6) is 6.01 Å². The third-order valence-corrected chi connectivity index (χ3v) is 4.30. The number of tetrazole rings is 1. The zero-order valence-electron chi connectivity index (χ0n) is 15.9. The summed E-state index contributed by atoms with van der Waals surface area (Å²) >= 11 is 0. The molecule has 0 aliphatic carbocycles. The van der Waals surface area contributed by atoms with Gasteiger partial charge in [0.2, 0.25) is 0 Å². The predicted molar refractivity (Wildman–Crippen MR) is 110 cm³/mol. The summed E-state index contributed by atoms with van der Waals surface area (Å²) < 4.78 is 9.38. The summed E-state index contributed by atoms with van der Waals surface area (Å²) in [5, 5.41) is 11.7. The SMILES string of the molecule is C=C/C=C(\C=C)c1cccc(COc2nc3ccccc3n2-c2nnnn2C)n1. The van der Waals surface area contributed by atoms with E-state index in [9.17, 15) is 0 Å². The number of aromatic nitrogens is 7. The molecule has 3 aromatic heterocycles. The molecule has 29 heavy (non-hydrogen) atoms. The largest absolute Gasteiger partial charge is 0.458 e. The molecular weight excluding hydrogens is 366 g/mol. The highest BCUT2D eigenvalue weighted by Crippen LogP contribution is 2.25. The Kier molecular flexibility index (Phi) is 4.98. The normalized spacial score (nSPS) is 11.6. The molecule has 0 saturated heterocycles. The minimum absolute atomic E-state index is 0.237. The molecule has 3 heterocycles. The van der Waals surface area contributed by atoms with Crippen molar-refractivity contribution in [3.63, 3.8) is 0 Å². The fourth-order valence-corrected chi connectivity index (χ4v) is 2.95. The minimum atomic E-state index is 0.237. The van der Waals surface area contributed by atoms with E-state index >= 15 is 0 Å². The van der Waals surface area contributed by atoms with Crippen molar-refractivity contribution in [3.05, 3.63) is 85.2 Å². The van der Waals surface area contributed by atoms with E-state index in [1.807, 2.05) is 48.5 Å². The third-order valence-electron chi connectivity index (χ3n) is 4.30. The van der Waals surface area contributed by atoms with Crippen molar-refractivity contribution in [1.29, 1.82) is 0 Å². The first-order valence-corrected chi connectivity index (χ1v) is 8.95. The number of para-hydroxylation sites is 2. The van der Waals surface area contributed by atoms with Gasteiger partial charge in [0.15, 0.2) is 0 Å². The number of hydrogen-bond acceptors (Lipinski definition) is 6. The molecule has 4 rings (SSSR count). The number of rotatable bonds is 7. The number of aryl methyl sites for hydroxylation is 1. The van der Waals surface area contributed by atoms with Gasteiger partial charge < -0.3 is 4.74 Å². The Morgan fingerprint density at radius 1 is 1.10 bits per heavy atom. The summed E-state index contributed by atoms with van der Waals surface area (Å²) in [5.41, 5.74) is 4.08. The molecule has 8 heteroatoms. The molecule has 1 aromatic carbocycles. The Labute approximate surface area is 167 Å². The van der Waals surface area contributed by atoms with Gasteiger partial charge in [0.25, 0.3) is 5.95 Å². The predicted octanol–water partition coefficient (Wildman–Crippen LogP) is 3.28.